The Morgan fingerprint density at radius 3 is 2.68 bits per heavy atom. The number of nitro benzene ring substituents is 1. The van der Waals surface area contributed by atoms with Crippen molar-refractivity contribution in [2.24, 2.45) is 5.10 Å². The van der Waals surface area contributed by atoms with Gasteiger partial charge in [-0.3, -0.25) is 14.9 Å². The van der Waals surface area contributed by atoms with E-state index < -0.39 is 22.3 Å². The van der Waals surface area contributed by atoms with Crippen LogP contribution in [0.25, 0.3) is 0 Å². The zero-order chi connectivity index (χ0) is 18.4. The molecule has 0 atom stereocenters. The second kappa shape index (κ2) is 8.25. The number of carbonyl (C=O) groups is 1. The lowest BCUT2D eigenvalue weighted by Crippen LogP contribution is -2.25. The summed E-state index contributed by atoms with van der Waals surface area (Å²) in [7, 11) is 0. The van der Waals surface area contributed by atoms with Gasteiger partial charge in [-0.05, 0) is 25.1 Å². The van der Waals surface area contributed by atoms with Crippen LogP contribution in [0.3, 0.4) is 0 Å². The highest BCUT2D eigenvalue weighted by atomic mass is 79.9. The topological polar surface area (TPSA) is 117 Å². The summed E-state index contributed by atoms with van der Waals surface area (Å²) in [6.07, 6.45) is 1.14. The third-order valence-electron chi connectivity index (χ3n) is 3.18. The van der Waals surface area contributed by atoms with Gasteiger partial charge in [0.25, 0.3) is 5.91 Å². The quantitative estimate of drug-likeness (QED) is 0.387. The first-order valence-corrected chi connectivity index (χ1v) is 7.95. The highest BCUT2D eigenvalue weighted by Crippen LogP contribution is 2.32. The summed E-state index contributed by atoms with van der Waals surface area (Å²) in [6.45, 7) is 1.97. The fourth-order valence-electron chi connectivity index (χ4n) is 1.91. The molecule has 25 heavy (non-hydrogen) atoms. The largest absolute Gasteiger partial charge is 0.502 e. The van der Waals surface area contributed by atoms with E-state index in [-0.39, 0.29) is 12.1 Å². The van der Waals surface area contributed by atoms with Gasteiger partial charge in [-0.25, -0.2) is 5.43 Å². The smallest absolute Gasteiger partial charge is 0.312 e. The molecule has 0 saturated carbocycles. The number of hydrazone groups is 1. The summed E-state index contributed by atoms with van der Waals surface area (Å²) in [5.41, 5.74) is 3.84. The number of phenolic OH excluding ortho intramolecular Hbond substituents is 1. The van der Waals surface area contributed by atoms with Crippen molar-refractivity contribution in [1.82, 2.24) is 5.43 Å². The minimum atomic E-state index is -0.707. The molecule has 3 N–H and O–H groups in total. The van der Waals surface area contributed by atoms with E-state index in [4.69, 9.17) is 0 Å². The molecule has 2 rings (SSSR count). The van der Waals surface area contributed by atoms with E-state index in [1.165, 1.54) is 12.1 Å². The molecule has 0 aliphatic carbocycles. The summed E-state index contributed by atoms with van der Waals surface area (Å²) in [5, 5.41) is 27.3. The van der Waals surface area contributed by atoms with Crippen LogP contribution in [0, 0.1) is 17.0 Å². The van der Waals surface area contributed by atoms with E-state index in [1.807, 2.05) is 31.2 Å². The highest BCUT2D eigenvalue weighted by Gasteiger charge is 2.17. The Morgan fingerprint density at radius 1 is 1.36 bits per heavy atom. The average molecular weight is 407 g/mol. The summed E-state index contributed by atoms with van der Waals surface area (Å²) < 4.78 is 0.408. The Balaban J connectivity index is 1.95. The van der Waals surface area contributed by atoms with Crippen LogP contribution < -0.4 is 10.7 Å². The van der Waals surface area contributed by atoms with Crippen LogP contribution >= 0.6 is 15.9 Å². The first-order chi connectivity index (χ1) is 11.9. The number of nitrogens with one attached hydrogen (secondary N) is 2. The molecule has 2 aromatic rings. The maximum absolute atomic E-state index is 11.7. The van der Waals surface area contributed by atoms with Gasteiger partial charge in [0.2, 0.25) is 5.75 Å². The van der Waals surface area contributed by atoms with Gasteiger partial charge in [0.05, 0.1) is 17.7 Å². The Kier molecular flexibility index (Phi) is 6.07. The molecule has 0 saturated heterocycles. The fraction of sp³-hybridized carbons (Fsp3) is 0.125. The van der Waals surface area contributed by atoms with E-state index in [0.29, 0.717) is 4.47 Å². The van der Waals surface area contributed by atoms with Gasteiger partial charge in [-0.2, -0.15) is 5.10 Å². The summed E-state index contributed by atoms with van der Waals surface area (Å²) in [5.74, 6) is -0.926. The molecule has 0 aliphatic heterocycles. The number of hydrogen-bond acceptors (Lipinski definition) is 6. The van der Waals surface area contributed by atoms with E-state index in [1.54, 1.807) is 0 Å². The SMILES string of the molecule is Cc1ccc(NCC(=O)N/N=C\c2cc(Br)cc([N+](=O)[O-])c2O)cc1. The second-order valence-corrected chi connectivity index (χ2v) is 6.05. The third kappa shape index (κ3) is 5.28. The lowest BCUT2D eigenvalue weighted by Gasteiger charge is -2.05. The van der Waals surface area contributed by atoms with E-state index in [2.05, 4.69) is 31.8 Å². The molecule has 0 spiro atoms. The molecule has 8 nitrogen and oxygen atoms in total. The summed E-state index contributed by atoms with van der Waals surface area (Å²) in [6, 6.07) is 10.2. The molecule has 0 aliphatic rings. The lowest BCUT2D eigenvalue weighted by molar-refractivity contribution is -0.385. The van der Waals surface area contributed by atoms with Gasteiger partial charge in [0.15, 0.2) is 0 Å². The van der Waals surface area contributed by atoms with E-state index >= 15 is 0 Å². The monoisotopic (exact) mass is 406 g/mol. The molecule has 0 heterocycles. The Bertz CT molecular complexity index is 822. The van der Waals surface area contributed by atoms with Gasteiger partial charge in [-0.15, -0.1) is 0 Å². The van der Waals surface area contributed by atoms with E-state index in [9.17, 15) is 20.0 Å². The molecule has 9 heteroatoms. The number of hydrogen-bond donors (Lipinski definition) is 3. The number of aromatic hydroxyl groups is 1. The van der Waals surface area contributed by atoms with Gasteiger partial charge in [-0.1, -0.05) is 33.6 Å². The van der Waals surface area contributed by atoms with Crippen molar-refractivity contribution in [1.29, 1.82) is 0 Å². The number of aryl methyl sites for hydroxylation is 1. The number of nitro groups is 1. The Hall–Kier alpha value is -2.94. The Labute approximate surface area is 151 Å². The van der Waals surface area contributed by atoms with Crippen molar-refractivity contribution >= 4 is 39.4 Å². The molecular formula is C16H15BrN4O4. The van der Waals surface area contributed by atoms with Crippen LogP contribution in [0.4, 0.5) is 11.4 Å². The molecule has 0 aromatic heterocycles. The molecule has 0 fully saturated rings. The van der Waals surface area contributed by atoms with Crippen molar-refractivity contribution < 1.29 is 14.8 Å². The molecule has 0 unspecified atom stereocenters. The van der Waals surface area contributed by atoms with Crippen molar-refractivity contribution in [2.75, 3.05) is 11.9 Å². The van der Waals surface area contributed by atoms with Crippen molar-refractivity contribution in [2.45, 2.75) is 6.92 Å². The van der Waals surface area contributed by atoms with Crippen LogP contribution in [0.1, 0.15) is 11.1 Å². The standard InChI is InChI=1S/C16H15BrN4O4/c1-10-2-4-13(5-3-10)18-9-15(22)20-19-8-11-6-12(17)7-14(16(11)23)21(24)25/h2-8,18,23H,9H2,1H3,(H,20,22)/b19-8-. The predicted octanol–water partition coefficient (Wildman–Crippen LogP) is 2.93. The number of rotatable bonds is 6. The Morgan fingerprint density at radius 2 is 2.04 bits per heavy atom. The third-order valence-corrected chi connectivity index (χ3v) is 3.64. The summed E-state index contributed by atoms with van der Waals surface area (Å²) >= 11 is 3.12. The number of amides is 1. The van der Waals surface area contributed by atoms with Gasteiger partial charge >= 0.3 is 5.69 Å². The minimum absolute atomic E-state index is 0.00498. The minimum Gasteiger partial charge on any atom is -0.502 e. The van der Waals surface area contributed by atoms with Crippen LogP contribution in [-0.4, -0.2) is 28.7 Å². The normalized spacial score (nSPS) is 10.6. The number of anilines is 1. The van der Waals surface area contributed by atoms with Crippen molar-refractivity contribution in [3.63, 3.8) is 0 Å². The van der Waals surface area contributed by atoms with Gasteiger partial charge < -0.3 is 10.4 Å². The van der Waals surface area contributed by atoms with Crippen LogP contribution in [-0.2, 0) is 4.79 Å². The highest BCUT2D eigenvalue weighted by molar-refractivity contribution is 9.10. The number of nitrogens with zero attached hydrogens (tertiary/aromatic N) is 2. The molecule has 0 bridgehead atoms. The number of benzene rings is 2. The molecule has 2 aromatic carbocycles. The molecule has 130 valence electrons. The zero-order valence-corrected chi connectivity index (χ0v) is 14.8. The van der Waals surface area contributed by atoms with Crippen molar-refractivity contribution in [3.8, 4) is 5.75 Å². The van der Waals surface area contributed by atoms with Crippen LogP contribution in [0.15, 0.2) is 46.0 Å². The van der Waals surface area contributed by atoms with Crippen LogP contribution in [0.2, 0.25) is 0 Å². The zero-order valence-electron chi connectivity index (χ0n) is 13.2. The van der Waals surface area contributed by atoms with Crippen molar-refractivity contribution in [3.05, 3.63) is 62.1 Å². The molecular weight excluding hydrogens is 392 g/mol. The van der Waals surface area contributed by atoms with Gasteiger partial charge in [0.1, 0.15) is 0 Å². The van der Waals surface area contributed by atoms with E-state index in [0.717, 1.165) is 17.5 Å². The maximum Gasteiger partial charge on any atom is 0.312 e. The average Bonchev–Trinajstić information content (AvgIpc) is 2.57. The first kappa shape index (κ1) is 18.4. The molecule has 1 amide bonds. The van der Waals surface area contributed by atoms with Gasteiger partial charge in [0, 0.05) is 21.8 Å². The van der Waals surface area contributed by atoms with Crippen LogP contribution in [0.5, 0.6) is 5.75 Å². The number of phenols is 1. The predicted molar refractivity (Wildman–Crippen MR) is 97.9 cm³/mol. The molecule has 0 radical (unpaired) electrons. The maximum atomic E-state index is 11.7. The number of halogens is 1. The lowest BCUT2D eigenvalue weighted by atomic mass is 10.2. The second-order valence-electron chi connectivity index (χ2n) is 5.13. The summed E-state index contributed by atoms with van der Waals surface area (Å²) in [4.78, 5) is 21.9. The fourth-order valence-corrected chi connectivity index (χ4v) is 2.37. The number of carbonyl (C=O) groups excluding carboxylic acids is 1. The first-order valence-electron chi connectivity index (χ1n) is 7.16.